The Morgan fingerprint density at radius 3 is 2.36 bits per heavy atom. The Kier molecular flexibility index (Phi) is 7.64. The van der Waals surface area contributed by atoms with Crippen LogP contribution in [0.15, 0.2) is 30.3 Å². The van der Waals surface area contributed by atoms with Crippen molar-refractivity contribution in [2.24, 2.45) is 5.92 Å². The predicted molar refractivity (Wildman–Crippen MR) is 95.1 cm³/mol. The molecule has 0 heterocycles. The van der Waals surface area contributed by atoms with Crippen molar-refractivity contribution in [3.05, 3.63) is 35.9 Å². The molecule has 0 aromatic heterocycles. The molecule has 2 unspecified atom stereocenters. The van der Waals surface area contributed by atoms with Crippen molar-refractivity contribution in [2.45, 2.75) is 32.8 Å². The van der Waals surface area contributed by atoms with E-state index in [2.05, 4.69) is 5.32 Å². The van der Waals surface area contributed by atoms with Crippen molar-refractivity contribution in [3.8, 4) is 0 Å². The standard InChI is InChI=1S/C17H26NO6P/c1-17(2,3)24-16(21)18-9-10-25(22,23)12-14(15(19)20)11-13-7-5-4-6-8-13/h4-8,14H,9-12H2,1-3H3,(H,18,21)(H,19,20)(H,22,23). The summed E-state index contributed by atoms with van der Waals surface area (Å²) < 4.78 is 17.3. The molecule has 1 rings (SSSR count). The largest absolute Gasteiger partial charge is 0.481 e. The second kappa shape index (κ2) is 9.02. The van der Waals surface area contributed by atoms with E-state index in [-0.39, 0.29) is 25.3 Å². The van der Waals surface area contributed by atoms with Crippen molar-refractivity contribution >= 4 is 19.4 Å². The van der Waals surface area contributed by atoms with Gasteiger partial charge in [0.15, 0.2) is 0 Å². The minimum atomic E-state index is -3.70. The first-order valence-electron chi connectivity index (χ1n) is 8.03. The van der Waals surface area contributed by atoms with Gasteiger partial charge in [-0.05, 0) is 32.8 Å². The average molecular weight is 371 g/mol. The highest BCUT2D eigenvalue weighted by molar-refractivity contribution is 7.58. The Labute approximate surface area is 147 Å². The van der Waals surface area contributed by atoms with Gasteiger partial charge >= 0.3 is 12.1 Å². The lowest BCUT2D eigenvalue weighted by molar-refractivity contribution is -0.141. The van der Waals surface area contributed by atoms with Crippen molar-refractivity contribution in [1.82, 2.24) is 5.32 Å². The molecule has 3 N–H and O–H groups in total. The van der Waals surface area contributed by atoms with E-state index in [4.69, 9.17) is 4.74 Å². The summed E-state index contributed by atoms with van der Waals surface area (Å²) in [4.78, 5) is 33.0. The van der Waals surface area contributed by atoms with Gasteiger partial charge in [-0.2, -0.15) is 0 Å². The van der Waals surface area contributed by atoms with Crippen LogP contribution in [0.1, 0.15) is 26.3 Å². The van der Waals surface area contributed by atoms with E-state index in [0.717, 1.165) is 5.56 Å². The van der Waals surface area contributed by atoms with Crippen LogP contribution < -0.4 is 5.32 Å². The number of rotatable bonds is 8. The van der Waals surface area contributed by atoms with Crippen LogP contribution in [-0.2, 0) is 20.5 Å². The van der Waals surface area contributed by atoms with E-state index < -0.39 is 31.0 Å². The van der Waals surface area contributed by atoms with Gasteiger partial charge in [0.25, 0.3) is 0 Å². The number of carboxylic acids is 1. The Balaban J connectivity index is 2.54. The van der Waals surface area contributed by atoms with Crippen molar-refractivity contribution in [1.29, 1.82) is 0 Å². The topological polar surface area (TPSA) is 113 Å². The number of aliphatic carboxylic acids is 1. The van der Waals surface area contributed by atoms with Gasteiger partial charge in [-0.3, -0.25) is 9.36 Å². The molecule has 0 aliphatic heterocycles. The normalized spacial score (nSPS) is 15.0. The Morgan fingerprint density at radius 2 is 1.84 bits per heavy atom. The molecule has 0 spiro atoms. The summed E-state index contributed by atoms with van der Waals surface area (Å²) in [5.74, 6) is -2.07. The van der Waals surface area contributed by atoms with Gasteiger partial charge in [-0.15, -0.1) is 0 Å². The number of ether oxygens (including phenoxy) is 1. The molecule has 0 saturated heterocycles. The highest BCUT2D eigenvalue weighted by Gasteiger charge is 2.29. The smallest absolute Gasteiger partial charge is 0.407 e. The lowest BCUT2D eigenvalue weighted by atomic mass is 10.0. The van der Waals surface area contributed by atoms with Crippen LogP contribution in [0.25, 0.3) is 0 Å². The number of nitrogens with one attached hydrogen (secondary N) is 1. The third kappa shape index (κ3) is 9.27. The first-order valence-corrected chi connectivity index (χ1v) is 10.1. The molecular formula is C17H26NO6P. The first kappa shape index (κ1) is 21.2. The minimum Gasteiger partial charge on any atom is -0.481 e. The van der Waals surface area contributed by atoms with Gasteiger partial charge in [0, 0.05) is 18.9 Å². The quantitative estimate of drug-likeness (QED) is 0.606. The van der Waals surface area contributed by atoms with Crippen LogP contribution >= 0.6 is 7.37 Å². The summed E-state index contributed by atoms with van der Waals surface area (Å²) in [6.07, 6.45) is -1.04. The minimum absolute atomic E-state index is 0.0552. The fourth-order valence-corrected chi connectivity index (χ4v) is 3.83. The van der Waals surface area contributed by atoms with Crippen LogP contribution in [0.5, 0.6) is 0 Å². The molecular weight excluding hydrogens is 345 g/mol. The summed E-state index contributed by atoms with van der Waals surface area (Å²) in [5, 5.41) is 11.7. The molecule has 0 saturated carbocycles. The fraction of sp³-hybridized carbons (Fsp3) is 0.529. The summed E-state index contributed by atoms with van der Waals surface area (Å²) in [7, 11) is -3.70. The number of carboxylic acid groups (broad SMARTS) is 1. The number of carbonyl (C=O) groups is 2. The van der Waals surface area contributed by atoms with Crippen LogP contribution in [0.4, 0.5) is 4.79 Å². The number of hydrogen-bond acceptors (Lipinski definition) is 4. The van der Waals surface area contributed by atoms with Crippen molar-refractivity contribution in [3.63, 3.8) is 0 Å². The van der Waals surface area contributed by atoms with Gasteiger partial charge < -0.3 is 20.1 Å². The van der Waals surface area contributed by atoms with E-state index in [9.17, 15) is 24.2 Å². The van der Waals surface area contributed by atoms with Gasteiger partial charge in [0.05, 0.1) is 5.92 Å². The maximum atomic E-state index is 12.3. The Hall–Kier alpha value is -1.85. The zero-order valence-electron chi connectivity index (χ0n) is 14.8. The maximum absolute atomic E-state index is 12.3. The lowest BCUT2D eigenvalue weighted by Gasteiger charge is -2.20. The molecule has 140 valence electrons. The van der Waals surface area contributed by atoms with Crippen molar-refractivity contribution in [2.75, 3.05) is 18.9 Å². The molecule has 0 bridgehead atoms. The van der Waals surface area contributed by atoms with E-state index in [0.29, 0.717) is 0 Å². The monoisotopic (exact) mass is 371 g/mol. The molecule has 1 aromatic rings. The second-order valence-corrected chi connectivity index (χ2v) is 9.41. The third-order valence-corrected chi connectivity index (χ3v) is 5.24. The lowest BCUT2D eigenvalue weighted by Crippen LogP contribution is -2.34. The van der Waals surface area contributed by atoms with Gasteiger partial charge in [-0.1, -0.05) is 30.3 Å². The zero-order chi connectivity index (χ0) is 19.1. The van der Waals surface area contributed by atoms with Crippen LogP contribution in [0, 0.1) is 5.92 Å². The number of carbonyl (C=O) groups excluding carboxylic acids is 1. The maximum Gasteiger partial charge on any atom is 0.407 e. The van der Waals surface area contributed by atoms with Gasteiger partial charge in [-0.25, -0.2) is 4.79 Å². The molecule has 1 aromatic carbocycles. The Bertz CT molecular complexity index is 626. The summed E-state index contributed by atoms with van der Waals surface area (Å²) in [6.45, 7) is 5.08. The molecule has 8 heteroatoms. The number of hydrogen-bond donors (Lipinski definition) is 3. The van der Waals surface area contributed by atoms with E-state index in [1.807, 2.05) is 6.07 Å². The number of benzene rings is 1. The van der Waals surface area contributed by atoms with Crippen LogP contribution in [-0.4, -0.2) is 46.5 Å². The summed E-state index contributed by atoms with van der Waals surface area (Å²) >= 11 is 0. The first-order chi connectivity index (χ1) is 11.5. The van der Waals surface area contributed by atoms with E-state index in [1.54, 1.807) is 45.0 Å². The zero-order valence-corrected chi connectivity index (χ0v) is 15.7. The summed E-state index contributed by atoms with van der Waals surface area (Å²) in [6, 6.07) is 8.96. The van der Waals surface area contributed by atoms with Gasteiger partial charge in [0.2, 0.25) is 7.37 Å². The van der Waals surface area contributed by atoms with Crippen molar-refractivity contribution < 1.29 is 28.9 Å². The van der Waals surface area contributed by atoms with E-state index >= 15 is 0 Å². The molecule has 1 amide bonds. The molecule has 0 fully saturated rings. The predicted octanol–water partition coefficient (Wildman–Crippen LogP) is 2.73. The third-order valence-electron chi connectivity index (χ3n) is 3.31. The SMILES string of the molecule is CC(C)(C)OC(=O)NCCP(=O)(O)CC(Cc1ccccc1)C(=O)O. The molecule has 7 nitrogen and oxygen atoms in total. The highest BCUT2D eigenvalue weighted by atomic mass is 31.2. The molecule has 0 aliphatic carbocycles. The fourth-order valence-electron chi connectivity index (χ4n) is 2.21. The molecule has 0 radical (unpaired) electrons. The van der Waals surface area contributed by atoms with Crippen LogP contribution in [0.3, 0.4) is 0 Å². The van der Waals surface area contributed by atoms with Gasteiger partial charge in [0.1, 0.15) is 5.60 Å². The molecule has 25 heavy (non-hydrogen) atoms. The second-order valence-electron chi connectivity index (χ2n) is 6.91. The molecule has 2 atom stereocenters. The number of amides is 1. The van der Waals surface area contributed by atoms with Crippen LogP contribution in [0.2, 0.25) is 0 Å². The summed E-state index contributed by atoms with van der Waals surface area (Å²) in [5.41, 5.74) is 0.138. The number of alkyl carbamates (subject to hydrolysis) is 1. The highest BCUT2D eigenvalue weighted by Crippen LogP contribution is 2.42. The molecule has 0 aliphatic rings. The Morgan fingerprint density at radius 1 is 1.24 bits per heavy atom. The average Bonchev–Trinajstić information content (AvgIpc) is 2.45. The van der Waals surface area contributed by atoms with E-state index in [1.165, 1.54) is 0 Å².